The highest BCUT2D eigenvalue weighted by atomic mass is 16.5. The van der Waals surface area contributed by atoms with Gasteiger partial charge >= 0.3 is 0 Å². The zero-order valence-electron chi connectivity index (χ0n) is 14.3. The number of nitrogens with zero attached hydrogens (tertiary/aromatic N) is 3. The number of guanidine groups is 1. The van der Waals surface area contributed by atoms with E-state index >= 15 is 0 Å². The summed E-state index contributed by atoms with van der Waals surface area (Å²) in [5, 5.41) is 3.64. The number of hydrogen-bond donors (Lipinski definition) is 1. The molecular weight excluding hydrogens is 304 g/mol. The molecule has 24 heavy (non-hydrogen) atoms. The van der Waals surface area contributed by atoms with Crippen molar-refractivity contribution in [3.8, 4) is 0 Å². The molecule has 1 saturated carbocycles. The standard InChI is InChI=1S/C18H28N4O2/c1-2-17(24-11-1)5-7-19-18(20-15-3-4-15)22-8-6-16(14-22)21-9-12-23-13-10-21/h1-2,11,15-16H,3-10,12-14H2,(H,19,20). The first kappa shape index (κ1) is 16.0. The van der Waals surface area contributed by atoms with Crippen LogP contribution in [0.1, 0.15) is 25.0 Å². The van der Waals surface area contributed by atoms with Crippen LogP contribution in [0.15, 0.2) is 27.8 Å². The minimum atomic E-state index is 0.634. The molecule has 132 valence electrons. The Kier molecular flexibility index (Phi) is 5.04. The van der Waals surface area contributed by atoms with Crippen LogP contribution in [-0.4, -0.2) is 73.8 Å². The van der Waals surface area contributed by atoms with Gasteiger partial charge in [0, 0.05) is 51.2 Å². The van der Waals surface area contributed by atoms with E-state index in [-0.39, 0.29) is 0 Å². The van der Waals surface area contributed by atoms with Gasteiger partial charge in [0.2, 0.25) is 0 Å². The molecule has 0 amide bonds. The quantitative estimate of drug-likeness (QED) is 0.651. The van der Waals surface area contributed by atoms with E-state index in [0.717, 1.165) is 64.1 Å². The fraction of sp³-hybridized carbons (Fsp3) is 0.722. The number of likely N-dealkylation sites (tertiary alicyclic amines) is 1. The van der Waals surface area contributed by atoms with Gasteiger partial charge in [0.15, 0.2) is 5.96 Å². The van der Waals surface area contributed by atoms with Crippen molar-refractivity contribution in [2.75, 3.05) is 45.9 Å². The number of morpholine rings is 1. The van der Waals surface area contributed by atoms with Gasteiger partial charge in [0.25, 0.3) is 0 Å². The Balaban J connectivity index is 1.34. The Morgan fingerprint density at radius 1 is 1.21 bits per heavy atom. The molecule has 0 bridgehead atoms. The minimum Gasteiger partial charge on any atom is -0.469 e. The molecule has 3 fully saturated rings. The first-order valence-electron chi connectivity index (χ1n) is 9.28. The molecule has 1 aliphatic carbocycles. The first-order chi connectivity index (χ1) is 11.9. The second-order valence-corrected chi connectivity index (χ2v) is 6.99. The minimum absolute atomic E-state index is 0.634. The van der Waals surface area contributed by atoms with Gasteiger partial charge in [0.05, 0.1) is 19.5 Å². The van der Waals surface area contributed by atoms with E-state index in [0.29, 0.717) is 12.1 Å². The Morgan fingerprint density at radius 2 is 2.08 bits per heavy atom. The van der Waals surface area contributed by atoms with Crippen LogP contribution in [-0.2, 0) is 11.2 Å². The van der Waals surface area contributed by atoms with Gasteiger partial charge in [-0.3, -0.25) is 9.89 Å². The molecule has 2 saturated heterocycles. The molecule has 3 heterocycles. The number of furan rings is 1. The zero-order chi connectivity index (χ0) is 16.2. The predicted octanol–water partition coefficient (Wildman–Crippen LogP) is 1.34. The Bertz CT molecular complexity index is 535. The van der Waals surface area contributed by atoms with Gasteiger partial charge in [0.1, 0.15) is 5.76 Å². The number of hydrogen-bond acceptors (Lipinski definition) is 4. The number of nitrogens with one attached hydrogen (secondary N) is 1. The van der Waals surface area contributed by atoms with E-state index in [2.05, 4.69) is 15.1 Å². The molecule has 0 radical (unpaired) electrons. The van der Waals surface area contributed by atoms with Gasteiger partial charge in [-0.15, -0.1) is 0 Å². The Labute approximate surface area is 143 Å². The highest BCUT2D eigenvalue weighted by molar-refractivity contribution is 5.81. The maximum atomic E-state index is 5.48. The van der Waals surface area contributed by atoms with Gasteiger partial charge in [-0.2, -0.15) is 0 Å². The second kappa shape index (κ2) is 7.57. The average Bonchev–Trinajstić information content (AvgIpc) is 3.10. The predicted molar refractivity (Wildman–Crippen MR) is 93.2 cm³/mol. The third kappa shape index (κ3) is 4.11. The maximum absolute atomic E-state index is 5.48. The molecule has 1 aromatic rings. The lowest BCUT2D eigenvalue weighted by Gasteiger charge is -2.32. The van der Waals surface area contributed by atoms with E-state index in [1.807, 2.05) is 12.1 Å². The smallest absolute Gasteiger partial charge is 0.194 e. The van der Waals surface area contributed by atoms with Crippen molar-refractivity contribution in [2.45, 2.75) is 37.8 Å². The monoisotopic (exact) mass is 332 g/mol. The molecule has 4 rings (SSSR count). The molecule has 1 atom stereocenters. The molecule has 1 N–H and O–H groups in total. The highest BCUT2D eigenvalue weighted by Gasteiger charge is 2.32. The van der Waals surface area contributed by atoms with Gasteiger partial charge < -0.3 is 19.4 Å². The summed E-state index contributed by atoms with van der Waals surface area (Å²) in [6, 6.07) is 5.24. The van der Waals surface area contributed by atoms with Crippen LogP contribution in [0.25, 0.3) is 0 Å². The fourth-order valence-electron chi connectivity index (χ4n) is 3.55. The lowest BCUT2D eigenvalue weighted by molar-refractivity contribution is 0.0195. The van der Waals surface area contributed by atoms with Crippen molar-refractivity contribution >= 4 is 5.96 Å². The van der Waals surface area contributed by atoms with Crippen LogP contribution in [0.4, 0.5) is 0 Å². The summed E-state index contributed by atoms with van der Waals surface area (Å²) in [5.41, 5.74) is 0. The van der Waals surface area contributed by atoms with Crippen molar-refractivity contribution in [3.05, 3.63) is 24.2 Å². The first-order valence-corrected chi connectivity index (χ1v) is 9.28. The number of rotatable bonds is 5. The van der Waals surface area contributed by atoms with Crippen molar-refractivity contribution in [3.63, 3.8) is 0 Å². The number of ether oxygens (including phenoxy) is 1. The van der Waals surface area contributed by atoms with Gasteiger partial charge in [-0.05, 0) is 31.4 Å². The van der Waals surface area contributed by atoms with Crippen molar-refractivity contribution in [1.82, 2.24) is 15.1 Å². The molecule has 2 aliphatic heterocycles. The average molecular weight is 332 g/mol. The largest absolute Gasteiger partial charge is 0.469 e. The molecule has 0 spiro atoms. The second-order valence-electron chi connectivity index (χ2n) is 6.99. The molecule has 6 heteroatoms. The third-order valence-corrected chi connectivity index (χ3v) is 5.14. The summed E-state index contributed by atoms with van der Waals surface area (Å²) >= 11 is 0. The Hall–Kier alpha value is -1.53. The van der Waals surface area contributed by atoms with Crippen molar-refractivity contribution < 1.29 is 9.15 Å². The molecule has 0 aromatic carbocycles. The van der Waals surface area contributed by atoms with Crippen LogP contribution < -0.4 is 5.32 Å². The molecule has 1 aromatic heterocycles. The van der Waals surface area contributed by atoms with Gasteiger partial charge in [-0.25, -0.2) is 0 Å². The Morgan fingerprint density at radius 3 is 2.83 bits per heavy atom. The van der Waals surface area contributed by atoms with Crippen molar-refractivity contribution in [1.29, 1.82) is 0 Å². The van der Waals surface area contributed by atoms with E-state index in [9.17, 15) is 0 Å². The maximum Gasteiger partial charge on any atom is 0.194 e. The molecule has 1 unspecified atom stereocenters. The van der Waals surface area contributed by atoms with Crippen LogP contribution in [0, 0.1) is 0 Å². The van der Waals surface area contributed by atoms with Crippen LogP contribution in [0.3, 0.4) is 0 Å². The lowest BCUT2D eigenvalue weighted by Crippen LogP contribution is -2.47. The summed E-state index contributed by atoms with van der Waals surface area (Å²) in [6.45, 7) is 6.85. The molecular formula is C18H28N4O2. The summed E-state index contributed by atoms with van der Waals surface area (Å²) in [7, 11) is 0. The van der Waals surface area contributed by atoms with E-state index in [1.54, 1.807) is 6.26 Å². The summed E-state index contributed by atoms with van der Waals surface area (Å²) in [6.07, 6.45) is 6.37. The molecule has 6 nitrogen and oxygen atoms in total. The fourth-order valence-corrected chi connectivity index (χ4v) is 3.55. The van der Waals surface area contributed by atoms with Crippen LogP contribution in [0.5, 0.6) is 0 Å². The lowest BCUT2D eigenvalue weighted by atomic mass is 10.2. The van der Waals surface area contributed by atoms with Crippen LogP contribution >= 0.6 is 0 Å². The molecule has 3 aliphatic rings. The van der Waals surface area contributed by atoms with Crippen molar-refractivity contribution in [2.24, 2.45) is 4.99 Å². The highest BCUT2D eigenvalue weighted by Crippen LogP contribution is 2.21. The van der Waals surface area contributed by atoms with E-state index in [4.69, 9.17) is 14.1 Å². The van der Waals surface area contributed by atoms with E-state index in [1.165, 1.54) is 19.3 Å². The third-order valence-electron chi connectivity index (χ3n) is 5.14. The number of aliphatic imine (C=N–C) groups is 1. The zero-order valence-corrected chi connectivity index (χ0v) is 14.3. The summed E-state index contributed by atoms with van der Waals surface area (Å²) in [5.74, 6) is 2.11. The summed E-state index contributed by atoms with van der Waals surface area (Å²) < 4.78 is 10.9. The van der Waals surface area contributed by atoms with Gasteiger partial charge in [-0.1, -0.05) is 0 Å². The summed E-state index contributed by atoms with van der Waals surface area (Å²) in [4.78, 5) is 9.90. The van der Waals surface area contributed by atoms with E-state index < -0.39 is 0 Å². The topological polar surface area (TPSA) is 53.2 Å². The van der Waals surface area contributed by atoms with Crippen LogP contribution in [0.2, 0.25) is 0 Å². The SMILES string of the molecule is c1coc(CCN=C(NC2CC2)N2CCC(N3CCOCC3)C2)c1. The normalized spacial score (nSPS) is 26.1.